The summed E-state index contributed by atoms with van der Waals surface area (Å²) in [5, 5.41) is 20.7. The molecule has 0 bridgehead atoms. The van der Waals surface area contributed by atoms with Gasteiger partial charge < -0.3 is 34.2 Å². The molecule has 0 radical (unpaired) electrons. The minimum atomic E-state index is -4.94. The molecule has 628 valence electrons. The molecule has 0 aliphatic heterocycles. The second-order valence-corrected chi connectivity index (χ2v) is 31.9. The van der Waals surface area contributed by atoms with Gasteiger partial charge in [0.05, 0.1) is 26.4 Å². The van der Waals surface area contributed by atoms with E-state index in [9.17, 15) is 43.5 Å². The van der Waals surface area contributed by atoms with E-state index in [1.54, 1.807) is 0 Å². The van der Waals surface area contributed by atoms with Crippen molar-refractivity contribution in [3.63, 3.8) is 0 Å². The monoisotopic (exact) mass is 1570 g/mol. The first kappa shape index (κ1) is 105. The molecule has 0 aromatic carbocycles. The predicted octanol–water partition coefficient (Wildman–Crippen LogP) is 26.2. The quantitative estimate of drug-likeness (QED) is 0.0146. The number of rotatable bonds is 82. The highest BCUT2D eigenvalue weighted by atomic mass is 31.2. The number of phosphoric ester groups is 2. The van der Waals surface area contributed by atoms with Gasteiger partial charge in [0, 0.05) is 19.3 Å². The van der Waals surface area contributed by atoms with Crippen LogP contribution in [-0.4, -0.2) is 95.9 Å². The lowest BCUT2D eigenvalue weighted by atomic mass is 10.0. The smallest absolute Gasteiger partial charge is 0.463 e. The molecule has 5 unspecified atom stereocenters. The number of aliphatic hydroxyl groups excluding tert-OH is 2. The molecule has 5 atom stereocenters. The maximum Gasteiger partial charge on any atom is 0.472 e. The van der Waals surface area contributed by atoms with Gasteiger partial charge in [-0.1, -0.05) is 347 Å². The number of unbranched alkanes of at least 4 members (excludes halogenated alkanes) is 37. The Morgan fingerprint density at radius 3 is 0.807 bits per heavy atom. The van der Waals surface area contributed by atoms with E-state index in [2.05, 4.69) is 154 Å². The SMILES string of the molecule is CC/C=C\C/C=C\C/C=C\C/C=C\C/C=C\CCCCCCCCCCCCCCCCCCCC(=O)OCC(O)COP(=O)(O)OCC(O)COP(=O)(O)OCC(COC(=O)CCCCCCCCCCCCC/C=C\C/C=C\C/C=C\C/C=C\CCCCC)OC(=O)CCCCCCC/C=C\C/C=C\CCC. The van der Waals surface area contributed by atoms with Gasteiger partial charge in [-0.3, -0.25) is 32.5 Å². The predicted molar refractivity (Wildman–Crippen MR) is 454 cm³/mol. The summed E-state index contributed by atoms with van der Waals surface area (Å²) >= 11 is 0. The number of carbonyl (C=O) groups excluding carboxylic acids is 3. The number of esters is 3. The zero-order chi connectivity index (χ0) is 79.4. The maximum atomic E-state index is 13.0. The summed E-state index contributed by atoms with van der Waals surface area (Å²) in [4.78, 5) is 58.7. The Kier molecular flexibility index (Phi) is 79.8. The van der Waals surface area contributed by atoms with Crippen LogP contribution in [0.15, 0.2) is 134 Å². The van der Waals surface area contributed by atoms with E-state index >= 15 is 0 Å². The van der Waals surface area contributed by atoms with E-state index < -0.39 is 91.5 Å². The first-order chi connectivity index (χ1) is 53.2. The average Bonchev–Trinajstić information content (AvgIpc) is 0.915. The second kappa shape index (κ2) is 83.1. The molecule has 0 aliphatic rings. The number of hydrogen-bond donors (Lipinski definition) is 4. The van der Waals surface area contributed by atoms with Crippen molar-refractivity contribution in [2.24, 2.45) is 0 Å². The molecule has 0 heterocycles. The van der Waals surface area contributed by atoms with Crippen molar-refractivity contribution < 1.29 is 75.8 Å². The molecule has 109 heavy (non-hydrogen) atoms. The van der Waals surface area contributed by atoms with E-state index in [1.165, 1.54) is 154 Å². The second-order valence-electron chi connectivity index (χ2n) is 29.0. The first-order valence-corrected chi connectivity index (χ1v) is 46.5. The molecular formula is C91H158O16P2. The van der Waals surface area contributed by atoms with Gasteiger partial charge in [0.15, 0.2) is 6.10 Å². The normalized spacial score (nSPS) is 14.5. The molecular weight excluding hydrogens is 1410 g/mol. The third kappa shape index (κ3) is 84.4. The Hall–Kier alpha value is -4.31. The lowest BCUT2D eigenvalue weighted by molar-refractivity contribution is -0.161. The fourth-order valence-electron chi connectivity index (χ4n) is 11.7. The average molecular weight is 1570 g/mol. The minimum absolute atomic E-state index is 0.0867. The first-order valence-electron chi connectivity index (χ1n) is 43.5. The molecule has 16 nitrogen and oxygen atoms in total. The lowest BCUT2D eigenvalue weighted by Crippen LogP contribution is -2.30. The Morgan fingerprint density at radius 1 is 0.266 bits per heavy atom. The van der Waals surface area contributed by atoms with Crippen molar-refractivity contribution in [2.45, 2.75) is 386 Å². The maximum absolute atomic E-state index is 13.0. The fourth-order valence-corrected chi connectivity index (χ4v) is 13.3. The van der Waals surface area contributed by atoms with Gasteiger partial charge in [0.25, 0.3) is 0 Å². The van der Waals surface area contributed by atoms with Crippen LogP contribution in [0.2, 0.25) is 0 Å². The van der Waals surface area contributed by atoms with Crippen molar-refractivity contribution >= 4 is 33.6 Å². The van der Waals surface area contributed by atoms with E-state index in [0.29, 0.717) is 19.3 Å². The molecule has 0 aromatic rings. The summed E-state index contributed by atoms with van der Waals surface area (Å²) in [5.41, 5.74) is 0. The van der Waals surface area contributed by atoms with Gasteiger partial charge in [-0.05, 0) is 135 Å². The molecule has 18 heteroatoms. The van der Waals surface area contributed by atoms with E-state index in [1.807, 2.05) is 0 Å². The van der Waals surface area contributed by atoms with Crippen molar-refractivity contribution in [1.82, 2.24) is 0 Å². The molecule has 0 saturated heterocycles. The topological polar surface area (TPSA) is 231 Å². The van der Waals surface area contributed by atoms with Gasteiger partial charge in [-0.2, -0.15) is 0 Å². The third-order valence-electron chi connectivity index (χ3n) is 18.3. The van der Waals surface area contributed by atoms with Crippen LogP contribution in [0, 0.1) is 0 Å². The van der Waals surface area contributed by atoms with Gasteiger partial charge in [0.2, 0.25) is 0 Å². The van der Waals surface area contributed by atoms with Crippen LogP contribution >= 0.6 is 15.6 Å². The van der Waals surface area contributed by atoms with Crippen molar-refractivity contribution in [1.29, 1.82) is 0 Å². The van der Waals surface area contributed by atoms with E-state index in [4.69, 9.17) is 32.3 Å². The Balaban J connectivity index is 4.41. The van der Waals surface area contributed by atoms with Crippen LogP contribution in [-0.2, 0) is 55.8 Å². The molecule has 4 N–H and O–H groups in total. The molecule has 0 saturated carbocycles. The summed E-state index contributed by atoms with van der Waals surface area (Å²) in [6.07, 6.45) is 102. The summed E-state index contributed by atoms with van der Waals surface area (Å²) in [7, 11) is -9.80. The number of ether oxygens (including phenoxy) is 3. The Labute approximate surface area is 665 Å². The molecule has 0 rings (SSSR count). The lowest BCUT2D eigenvalue weighted by Gasteiger charge is -2.21. The van der Waals surface area contributed by atoms with Gasteiger partial charge in [-0.15, -0.1) is 0 Å². The molecule has 0 fully saturated rings. The highest BCUT2D eigenvalue weighted by Gasteiger charge is 2.29. The summed E-state index contributed by atoms with van der Waals surface area (Å²) in [6.45, 7) is 2.49. The highest BCUT2D eigenvalue weighted by molar-refractivity contribution is 7.47. The summed E-state index contributed by atoms with van der Waals surface area (Å²) < 4.78 is 61.2. The van der Waals surface area contributed by atoms with Crippen LogP contribution < -0.4 is 0 Å². The number of hydrogen-bond acceptors (Lipinski definition) is 14. The van der Waals surface area contributed by atoms with Crippen LogP contribution in [0.3, 0.4) is 0 Å². The van der Waals surface area contributed by atoms with E-state index in [-0.39, 0.29) is 19.3 Å². The van der Waals surface area contributed by atoms with E-state index in [0.717, 1.165) is 154 Å². The summed E-state index contributed by atoms with van der Waals surface area (Å²) in [6, 6.07) is 0. The largest absolute Gasteiger partial charge is 0.472 e. The van der Waals surface area contributed by atoms with Gasteiger partial charge >= 0.3 is 33.6 Å². The number of carbonyl (C=O) groups is 3. The number of phosphoric acid groups is 2. The number of allylic oxidation sites excluding steroid dienone is 22. The zero-order valence-electron chi connectivity index (χ0n) is 68.9. The van der Waals surface area contributed by atoms with Gasteiger partial charge in [0.1, 0.15) is 25.4 Å². The highest BCUT2D eigenvalue weighted by Crippen LogP contribution is 2.45. The molecule has 0 spiro atoms. The molecule has 0 aromatic heterocycles. The fraction of sp³-hybridized carbons (Fsp3) is 0.725. The van der Waals surface area contributed by atoms with Crippen molar-refractivity contribution in [3.05, 3.63) is 134 Å². The van der Waals surface area contributed by atoms with Crippen LogP contribution in [0.1, 0.15) is 367 Å². The molecule has 0 amide bonds. The van der Waals surface area contributed by atoms with Crippen LogP contribution in [0.5, 0.6) is 0 Å². The number of aliphatic hydroxyl groups is 2. The third-order valence-corrected chi connectivity index (χ3v) is 20.2. The van der Waals surface area contributed by atoms with Crippen molar-refractivity contribution in [2.75, 3.05) is 39.6 Å². The zero-order valence-corrected chi connectivity index (χ0v) is 70.7. The van der Waals surface area contributed by atoms with Crippen molar-refractivity contribution in [3.8, 4) is 0 Å². The van der Waals surface area contributed by atoms with Crippen LogP contribution in [0.4, 0.5) is 0 Å². The summed E-state index contributed by atoms with van der Waals surface area (Å²) in [5.74, 6) is -1.58. The Bertz CT molecular complexity index is 2510. The molecule has 0 aliphatic carbocycles. The standard InChI is InChI=1S/C91H158O16P2/c1-4-7-10-13-16-19-22-25-27-29-31-33-35-37-39-40-41-42-43-44-46-48-49-51-53-55-57-60-62-65-68-71-74-77-89(94)101-80-86(92)81-103-108(97,98)104-82-87(93)83-105-109(99,100)106-85-88(107-91(96)79-76-73-70-67-64-59-24-21-18-15-12-9-6-3)84-102-90(95)78-75-72-69-66-63-61-58-56-54-52-50-47-45-38-36-34-32-30-28-26-23-20-17-14-11-8-5-2/h7,10,12,15-17,19-21,24-28,31-34,37-39,45,86-88,92-93H,4-6,8-9,11,13-14,18,22-23,29-30,35-36,40-44,46-85H2,1-3H3,(H,97,98)(H,99,100)/b10-7-,15-12-,19-16-,20-17-,24-21-,27-25-,28-26-,33-31-,34-32-,39-37-,45-38-. The Morgan fingerprint density at radius 2 is 0.505 bits per heavy atom. The van der Waals surface area contributed by atoms with Gasteiger partial charge in [-0.25, -0.2) is 9.13 Å². The van der Waals surface area contributed by atoms with Crippen LogP contribution in [0.25, 0.3) is 0 Å². The minimum Gasteiger partial charge on any atom is -0.463 e.